The van der Waals surface area contributed by atoms with Gasteiger partial charge in [0.05, 0.1) is 6.61 Å². The highest BCUT2D eigenvalue weighted by molar-refractivity contribution is 6.10. The van der Waals surface area contributed by atoms with Gasteiger partial charge in [-0.2, -0.15) is 0 Å². The molecule has 8 heteroatoms. The lowest BCUT2D eigenvalue weighted by Crippen LogP contribution is -2.41. The highest BCUT2D eigenvalue weighted by Gasteiger charge is 2.50. The molecule has 8 nitrogen and oxygen atoms in total. The average Bonchev–Trinajstić information content (AvgIpc) is 3.32. The molecule has 0 aliphatic carbocycles. The minimum atomic E-state index is -1.67. The molecule has 0 radical (unpaired) electrons. The van der Waals surface area contributed by atoms with Crippen molar-refractivity contribution < 1.29 is 38.5 Å². The van der Waals surface area contributed by atoms with E-state index in [1.54, 1.807) is 0 Å². The molecule has 1 unspecified atom stereocenters. The fraction of sp³-hybridized carbons (Fsp3) is 0.895. The van der Waals surface area contributed by atoms with E-state index in [2.05, 4.69) is 13.8 Å². The van der Waals surface area contributed by atoms with Gasteiger partial charge in [0.25, 0.3) is 6.10 Å². The van der Waals surface area contributed by atoms with E-state index in [9.17, 15) is 24.3 Å². The highest BCUT2D eigenvalue weighted by Crippen LogP contribution is 2.21. The lowest BCUT2D eigenvalue weighted by Gasteiger charge is -2.19. The Morgan fingerprint density at radius 1 is 0.587 bits per heavy atom. The number of hydrogen-bond donors (Lipinski definition) is 1. The number of carbonyl (C=O) groups excluding carboxylic acids is 4. The number of ketones is 1. The van der Waals surface area contributed by atoms with Crippen molar-refractivity contribution in [2.24, 2.45) is 0 Å². The van der Waals surface area contributed by atoms with Crippen molar-refractivity contribution in [1.82, 2.24) is 0 Å². The Balaban J connectivity index is 2.13. The summed E-state index contributed by atoms with van der Waals surface area (Å²) in [4.78, 5) is 49.7. The Morgan fingerprint density at radius 2 is 0.935 bits per heavy atom. The Hall–Kier alpha value is -1.96. The first-order valence-corrected chi connectivity index (χ1v) is 19.2. The second kappa shape index (κ2) is 29.2. The zero-order valence-electron chi connectivity index (χ0n) is 29.5. The highest BCUT2D eigenvalue weighted by atomic mass is 16.6. The van der Waals surface area contributed by atoms with Crippen molar-refractivity contribution in [3.63, 3.8) is 0 Å². The van der Waals surface area contributed by atoms with Crippen LogP contribution in [0.4, 0.5) is 0 Å². The van der Waals surface area contributed by atoms with E-state index in [0.717, 1.165) is 38.5 Å². The number of carbonyl (C=O) groups is 4. The summed E-state index contributed by atoms with van der Waals surface area (Å²) in [5.74, 6) is -2.95. The third-order valence-electron chi connectivity index (χ3n) is 9.01. The zero-order chi connectivity index (χ0) is 33.7. The molecule has 0 spiro atoms. The maximum absolute atomic E-state index is 12.8. The molecule has 268 valence electrons. The van der Waals surface area contributed by atoms with Crippen LogP contribution in [0.5, 0.6) is 0 Å². The SMILES string of the molecule is CCCCCCCCCCCCCCCC(=O)OC1C(=O)O[C@H]([C@H](CO)OC(=O)CCCCCCCCCCCCCCC)C1=O. The fourth-order valence-corrected chi connectivity index (χ4v) is 6.06. The molecule has 1 aliphatic rings. The second-order valence-corrected chi connectivity index (χ2v) is 13.3. The Bertz CT molecular complexity index is 798. The molecule has 46 heavy (non-hydrogen) atoms. The number of aliphatic hydroxyl groups is 1. The largest absolute Gasteiger partial charge is 0.455 e. The van der Waals surface area contributed by atoms with Gasteiger partial charge in [0.1, 0.15) is 0 Å². The van der Waals surface area contributed by atoms with E-state index in [1.807, 2.05) is 0 Å². The average molecular weight is 653 g/mol. The normalized spacial score (nSPS) is 16.8. The van der Waals surface area contributed by atoms with Gasteiger partial charge in [0, 0.05) is 12.8 Å². The van der Waals surface area contributed by atoms with Crippen LogP contribution < -0.4 is 0 Å². The number of aliphatic hydroxyl groups excluding tert-OH is 1. The molecule has 3 atom stereocenters. The van der Waals surface area contributed by atoms with Crippen LogP contribution in [-0.2, 0) is 33.4 Å². The third kappa shape index (κ3) is 21.0. The topological polar surface area (TPSA) is 116 Å². The van der Waals surface area contributed by atoms with E-state index < -0.39 is 48.6 Å². The van der Waals surface area contributed by atoms with E-state index in [0.29, 0.717) is 12.8 Å². The molecule has 1 heterocycles. The lowest BCUT2D eigenvalue weighted by atomic mass is 10.0. The van der Waals surface area contributed by atoms with Gasteiger partial charge in [-0.3, -0.25) is 14.4 Å². The third-order valence-corrected chi connectivity index (χ3v) is 9.01. The summed E-state index contributed by atoms with van der Waals surface area (Å²) in [7, 11) is 0. The standard InChI is InChI=1S/C38H68O8/c1-3-5-7-9-11-13-15-17-19-21-23-25-27-29-33(40)44-32(31-39)36-35(42)37(38(43)46-36)45-34(41)30-28-26-24-22-20-18-16-14-12-10-8-6-4-2/h32,36-37,39H,3-31H2,1-2H3/t32-,36+,37?/m0/s1. The molecule has 0 bridgehead atoms. The van der Waals surface area contributed by atoms with Gasteiger partial charge in [-0.15, -0.1) is 0 Å². The number of Topliss-reactive ketones (excluding diaryl/α,β-unsaturated/α-hetero) is 1. The molecule has 1 N–H and O–H groups in total. The van der Waals surface area contributed by atoms with E-state index in [4.69, 9.17) is 14.2 Å². The smallest absolute Gasteiger partial charge is 0.356 e. The van der Waals surface area contributed by atoms with Crippen molar-refractivity contribution in [2.45, 2.75) is 212 Å². The summed E-state index contributed by atoms with van der Waals surface area (Å²) in [6.07, 6.45) is 26.8. The van der Waals surface area contributed by atoms with Crippen LogP contribution >= 0.6 is 0 Å². The first-order valence-electron chi connectivity index (χ1n) is 19.2. The Labute approximate surface area is 280 Å². The summed E-state index contributed by atoms with van der Waals surface area (Å²) >= 11 is 0. The maximum Gasteiger partial charge on any atom is 0.356 e. The maximum atomic E-state index is 12.8. The van der Waals surface area contributed by atoms with Gasteiger partial charge < -0.3 is 19.3 Å². The van der Waals surface area contributed by atoms with Crippen molar-refractivity contribution in [2.75, 3.05) is 6.61 Å². The molecule has 0 aromatic carbocycles. The number of unbranched alkanes of at least 4 members (excludes halogenated alkanes) is 24. The number of esters is 3. The van der Waals surface area contributed by atoms with Crippen molar-refractivity contribution in [3.05, 3.63) is 0 Å². The number of hydrogen-bond acceptors (Lipinski definition) is 8. The predicted molar refractivity (Wildman–Crippen MR) is 182 cm³/mol. The van der Waals surface area contributed by atoms with Gasteiger partial charge in [0.2, 0.25) is 11.9 Å². The van der Waals surface area contributed by atoms with Gasteiger partial charge in [-0.1, -0.05) is 168 Å². The minimum absolute atomic E-state index is 0.122. The molecule has 0 aromatic heterocycles. The molecule has 1 fully saturated rings. The van der Waals surface area contributed by atoms with Crippen molar-refractivity contribution in [3.8, 4) is 0 Å². The fourth-order valence-electron chi connectivity index (χ4n) is 6.06. The van der Waals surface area contributed by atoms with E-state index in [-0.39, 0.29) is 12.8 Å². The summed E-state index contributed by atoms with van der Waals surface area (Å²) in [6, 6.07) is 0. The summed E-state index contributed by atoms with van der Waals surface area (Å²) in [5, 5.41) is 9.75. The summed E-state index contributed by atoms with van der Waals surface area (Å²) in [6.45, 7) is 3.80. The van der Waals surface area contributed by atoms with E-state index in [1.165, 1.54) is 116 Å². The van der Waals surface area contributed by atoms with Gasteiger partial charge in [-0.05, 0) is 12.8 Å². The summed E-state index contributed by atoms with van der Waals surface area (Å²) in [5.41, 5.74) is 0. The monoisotopic (exact) mass is 652 g/mol. The molecule has 0 aromatic rings. The van der Waals surface area contributed by atoms with Crippen LogP contribution in [0.3, 0.4) is 0 Å². The molecular weight excluding hydrogens is 584 g/mol. The first kappa shape index (κ1) is 42.1. The van der Waals surface area contributed by atoms with Gasteiger partial charge in [-0.25, -0.2) is 4.79 Å². The van der Waals surface area contributed by atoms with Crippen LogP contribution in [-0.4, -0.2) is 53.7 Å². The van der Waals surface area contributed by atoms with Crippen LogP contribution in [0.25, 0.3) is 0 Å². The second-order valence-electron chi connectivity index (χ2n) is 13.3. The molecule has 1 rings (SSSR count). The van der Waals surface area contributed by atoms with Gasteiger partial charge in [0.15, 0.2) is 6.10 Å². The molecule has 0 saturated carbocycles. The van der Waals surface area contributed by atoms with Crippen LogP contribution in [0, 0.1) is 0 Å². The Kier molecular flexibility index (Phi) is 26.7. The number of rotatable bonds is 32. The molecule has 1 saturated heterocycles. The van der Waals surface area contributed by atoms with Gasteiger partial charge >= 0.3 is 17.9 Å². The molecule has 0 amide bonds. The van der Waals surface area contributed by atoms with Crippen LogP contribution in [0.15, 0.2) is 0 Å². The van der Waals surface area contributed by atoms with Crippen LogP contribution in [0.2, 0.25) is 0 Å². The number of ether oxygens (including phenoxy) is 3. The lowest BCUT2D eigenvalue weighted by molar-refractivity contribution is -0.167. The quantitative estimate of drug-likeness (QED) is 0.0331. The van der Waals surface area contributed by atoms with Crippen molar-refractivity contribution >= 4 is 23.7 Å². The zero-order valence-corrected chi connectivity index (χ0v) is 29.5. The molecular formula is C38H68O8. The molecule has 1 aliphatic heterocycles. The number of cyclic esters (lactones) is 1. The predicted octanol–water partition coefficient (Wildman–Crippen LogP) is 9.26. The summed E-state index contributed by atoms with van der Waals surface area (Å²) < 4.78 is 15.5. The van der Waals surface area contributed by atoms with Crippen LogP contribution in [0.1, 0.15) is 194 Å². The van der Waals surface area contributed by atoms with E-state index >= 15 is 0 Å². The Morgan fingerprint density at radius 3 is 1.30 bits per heavy atom. The minimum Gasteiger partial charge on any atom is -0.455 e. The van der Waals surface area contributed by atoms with Crippen molar-refractivity contribution in [1.29, 1.82) is 0 Å². The first-order chi connectivity index (χ1) is 22.4.